The number of carbonyl (C=O) groups is 1. The van der Waals surface area contributed by atoms with Crippen molar-refractivity contribution in [2.45, 2.75) is 19.5 Å². The van der Waals surface area contributed by atoms with E-state index in [1.54, 1.807) is 17.0 Å². The van der Waals surface area contributed by atoms with Crippen LogP contribution in [0.4, 0.5) is 10.1 Å². The molecule has 0 radical (unpaired) electrons. The SMILES string of the molecule is CCNC(=O)C1COCCN1c1ccc(CN)cc1F. The molecule has 6 heteroatoms. The van der Waals surface area contributed by atoms with Gasteiger partial charge in [0.1, 0.15) is 11.9 Å². The van der Waals surface area contributed by atoms with Gasteiger partial charge in [-0.05, 0) is 24.6 Å². The second kappa shape index (κ2) is 6.67. The summed E-state index contributed by atoms with van der Waals surface area (Å²) in [4.78, 5) is 13.8. The summed E-state index contributed by atoms with van der Waals surface area (Å²) < 4.78 is 19.5. The second-order valence-corrected chi connectivity index (χ2v) is 4.67. The molecule has 0 aliphatic carbocycles. The minimum absolute atomic E-state index is 0.144. The maximum Gasteiger partial charge on any atom is 0.245 e. The van der Waals surface area contributed by atoms with Crippen molar-refractivity contribution in [1.82, 2.24) is 5.32 Å². The number of likely N-dealkylation sites (N-methyl/N-ethyl adjacent to an activating group) is 1. The molecule has 1 aliphatic heterocycles. The fourth-order valence-corrected chi connectivity index (χ4v) is 2.31. The summed E-state index contributed by atoms with van der Waals surface area (Å²) in [5, 5.41) is 2.75. The molecule has 1 heterocycles. The molecule has 0 spiro atoms. The van der Waals surface area contributed by atoms with Crippen molar-refractivity contribution < 1.29 is 13.9 Å². The number of benzene rings is 1. The van der Waals surface area contributed by atoms with Crippen LogP contribution in [0, 0.1) is 5.82 Å². The Balaban J connectivity index is 2.25. The molecule has 0 saturated carbocycles. The van der Waals surface area contributed by atoms with Crippen LogP contribution in [0.15, 0.2) is 18.2 Å². The molecule has 1 aliphatic rings. The van der Waals surface area contributed by atoms with Gasteiger partial charge in [0.2, 0.25) is 5.91 Å². The smallest absolute Gasteiger partial charge is 0.245 e. The van der Waals surface area contributed by atoms with E-state index in [2.05, 4.69) is 5.32 Å². The molecule has 1 aromatic rings. The van der Waals surface area contributed by atoms with Crippen LogP contribution in [0.3, 0.4) is 0 Å². The first-order valence-electron chi connectivity index (χ1n) is 6.78. The Bertz CT molecular complexity index is 481. The lowest BCUT2D eigenvalue weighted by Crippen LogP contribution is -2.54. The van der Waals surface area contributed by atoms with Gasteiger partial charge < -0.3 is 20.7 Å². The van der Waals surface area contributed by atoms with E-state index in [0.29, 0.717) is 31.9 Å². The van der Waals surface area contributed by atoms with Crippen LogP contribution in [0.1, 0.15) is 12.5 Å². The number of amides is 1. The van der Waals surface area contributed by atoms with Crippen molar-refractivity contribution in [2.24, 2.45) is 5.73 Å². The minimum atomic E-state index is -0.498. The van der Waals surface area contributed by atoms with Gasteiger partial charge in [0.15, 0.2) is 0 Å². The Labute approximate surface area is 117 Å². The number of anilines is 1. The van der Waals surface area contributed by atoms with Gasteiger partial charge in [-0.25, -0.2) is 4.39 Å². The average molecular weight is 281 g/mol. The number of hydrogen-bond donors (Lipinski definition) is 2. The number of rotatable bonds is 4. The Morgan fingerprint density at radius 2 is 2.40 bits per heavy atom. The molecule has 0 bridgehead atoms. The Kier molecular flexibility index (Phi) is 4.92. The molecule has 1 amide bonds. The van der Waals surface area contributed by atoms with Crippen LogP contribution in [-0.2, 0) is 16.1 Å². The lowest BCUT2D eigenvalue weighted by Gasteiger charge is -2.36. The first-order chi connectivity index (χ1) is 9.67. The third kappa shape index (κ3) is 3.08. The number of halogens is 1. The highest BCUT2D eigenvalue weighted by Gasteiger charge is 2.30. The van der Waals surface area contributed by atoms with Crippen molar-refractivity contribution in [3.05, 3.63) is 29.6 Å². The fraction of sp³-hybridized carbons (Fsp3) is 0.500. The summed E-state index contributed by atoms with van der Waals surface area (Å²) in [6.07, 6.45) is 0. The molecule has 1 fully saturated rings. The number of hydrogen-bond acceptors (Lipinski definition) is 4. The van der Waals surface area contributed by atoms with Crippen LogP contribution in [0.25, 0.3) is 0 Å². The van der Waals surface area contributed by atoms with Crippen LogP contribution in [0.5, 0.6) is 0 Å². The van der Waals surface area contributed by atoms with Crippen molar-refractivity contribution in [3.8, 4) is 0 Å². The quantitative estimate of drug-likeness (QED) is 0.849. The molecule has 20 heavy (non-hydrogen) atoms. The van der Waals surface area contributed by atoms with Gasteiger partial charge in [0, 0.05) is 19.6 Å². The number of carbonyl (C=O) groups excluding carboxylic acids is 1. The van der Waals surface area contributed by atoms with Gasteiger partial charge in [0.05, 0.1) is 18.9 Å². The first kappa shape index (κ1) is 14.7. The van der Waals surface area contributed by atoms with Crippen LogP contribution in [-0.4, -0.2) is 38.3 Å². The average Bonchev–Trinajstić information content (AvgIpc) is 2.47. The predicted octanol–water partition coefficient (Wildman–Crippen LogP) is 0.626. The van der Waals surface area contributed by atoms with E-state index in [4.69, 9.17) is 10.5 Å². The second-order valence-electron chi connectivity index (χ2n) is 4.67. The molecule has 110 valence electrons. The Morgan fingerprint density at radius 3 is 3.05 bits per heavy atom. The van der Waals surface area contributed by atoms with Crippen LogP contribution < -0.4 is 16.0 Å². The molecule has 1 atom stereocenters. The van der Waals surface area contributed by atoms with Crippen molar-refractivity contribution in [1.29, 1.82) is 0 Å². The summed E-state index contributed by atoms with van der Waals surface area (Å²) in [5.74, 6) is -0.501. The number of nitrogens with one attached hydrogen (secondary N) is 1. The van der Waals surface area contributed by atoms with Crippen LogP contribution >= 0.6 is 0 Å². The van der Waals surface area contributed by atoms with E-state index < -0.39 is 6.04 Å². The third-order valence-corrected chi connectivity index (χ3v) is 3.34. The zero-order valence-electron chi connectivity index (χ0n) is 11.6. The summed E-state index contributed by atoms with van der Waals surface area (Å²) >= 11 is 0. The van der Waals surface area contributed by atoms with E-state index in [1.165, 1.54) is 6.07 Å². The lowest BCUT2D eigenvalue weighted by atomic mass is 10.1. The zero-order chi connectivity index (χ0) is 14.5. The Hall–Kier alpha value is -1.66. The van der Waals surface area contributed by atoms with Crippen molar-refractivity contribution >= 4 is 11.6 Å². The summed E-state index contributed by atoms with van der Waals surface area (Å²) in [5.41, 5.74) is 6.65. The molecule has 2 rings (SSSR count). The standard InChI is InChI=1S/C14H20FN3O2/c1-2-17-14(19)13-9-20-6-5-18(13)12-4-3-10(8-16)7-11(12)15/h3-4,7,13H,2,5-6,8-9,16H2,1H3,(H,17,19). The van der Waals surface area contributed by atoms with Gasteiger partial charge in [-0.15, -0.1) is 0 Å². The fourth-order valence-electron chi connectivity index (χ4n) is 2.31. The molecule has 1 unspecified atom stereocenters. The predicted molar refractivity (Wildman–Crippen MR) is 74.9 cm³/mol. The number of nitrogens with zero attached hydrogens (tertiary/aromatic N) is 1. The highest BCUT2D eigenvalue weighted by atomic mass is 19.1. The number of ether oxygens (including phenoxy) is 1. The monoisotopic (exact) mass is 281 g/mol. The molecule has 3 N–H and O–H groups in total. The maximum atomic E-state index is 14.2. The van der Waals surface area contributed by atoms with E-state index >= 15 is 0 Å². The van der Waals surface area contributed by atoms with Gasteiger partial charge in [0.25, 0.3) is 0 Å². The molecule has 1 aromatic carbocycles. The van der Waals surface area contributed by atoms with Crippen molar-refractivity contribution in [2.75, 3.05) is 31.2 Å². The van der Waals surface area contributed by atoms with E-state index in [-0.39, 0.29) is 18.3 Å². The van der Waals surface area contributed by atoms with Crippen LogP contribution in [0.2, 0.25) is 0 Å². The van der Waals surface area contributed by atoms with Gasteiger partial charge in [-0.3, -0.25) is 4.79 Å². The zero-order valence-corrected chi connectivity index (χ0v) is 11.6. The Morgan fingerprint density at radius 1 is 1.60 bits per heavy atom. The van der Waals surface area contributed by atoms with E-state index in [1.807, 2.05) is 6.92 Å². The normalized spacial score (nSPS) is 18.9. The van der Waals surface area contributed by atoms with Crippen molar-refractivity contribution in [3.63, 3.8) is 0 Å². The number of morpholine rings is 1. The summed E-state index contributed by atoms with van der Waals surface area (Å²) in [7, 11) is 0. The highest BCUT2D eigenvalue weighted by molar-refractivity contribution is 5.85. The van der Waals surface area contributed by atoms with E-state index in [9.17, 15) is 9.18 Å². The van der Waals surface area contributed by atoms with E-state index in [0.717, 1.165) is 5.56 Å². The molecular formula is C14H20FN3O2. The summed E-state index contributed by atoms with van der Waals surface area (Å²) in [6.45, 7) is 3.92. The van der Waals surface area contributed by atoms with Gasteiger partial charge >= 0.3 is 0 Å². The molecule has 1 saturated heterocycles. The third-order valence-electron chi connectivity index (χ3n) is 3.34. The minimum Gasteiger partial charge on any atom is -0.377 e. The number of nitrogens with two attached hydrogens (primary N) is 1. The topological polar surface area (TPSA) is 67.6 Å². The molecule has 0 aromatic heterocycles. The lowest BCUT2D eigenvalue weighted by molar-refractivity contribution is -0.124. The first-order valence-corrected chi connectivity index (χ1v) is 6.78. The molecule has 5 nitrogen and oxygen atoms in total. The maximum absolute atomic E-state index is 14.2. The largest absolute Gasteiger partial charge is 0.377 e. The highest BCUT2D eigenvalue weighted by Crippen LogP contribution is 2.24. The van der Waals surface area contributed by atoms with Gasteiger partial charge in [-0.2, -0.15) is 0 Å². The van der Waals surface area contributed by atoms with Gasteiger partial charge in [-0.1, -0.05) is 6.07 Å². The molecular weight excluding hydrogens is 261 g/mol. The summed E-state index contributed by atoms with van der Waals surface area (Å²) in [6, 6.07) is 4.37.